The third kappa shape index (κ3) is 5.36. The van der Waals surface area contributed by atoms with Gasteiger partial charge in [0, 0.05) is 56.4 Å². The van der Waals surface area contributed by atoms with E-state index in [4.69, 9.17) is 26.8 Å². The van der Waals surface area contributed by atoms with Crippen LogP contribution >= 0.6 is 11.6 Å². The number of piperidine rings is 1. The zero-order valence-electron chi connectivity index (χ0n) is 20.5. The predicted molar refractivity (Wildman–Crippen MR) is 138 cm³/mol. The van der Waals surface area contributed by atoms with E-state index in [1.807, 2.05) is 25.1 Å². The highest BCUT2D eigenvalue weighted by atomic mass is 35.5. The number of aromatic nitrogens is 2. The average Bonchev–Trinajstić information content (AvgIpc) is 3.52. The van der Waals surface area contributed by atoms with Gasteiger partial charge in [0.15, 0.2) is 28.3 Å². The van der Waals surface area contributed by atoms with E-state index in [-0.39, 0.29) is 28.5 Å². The Labute approximate surface area is 219 Å². The number of benzene rings is 1. The summed E-state index contributed by atoms with van der Waals surface area (Å²) in [7, 11) is 0. The van der Waals surface area contributed by atoms with Gasteiger partial charge in [0.2, 0.25) is 0 Å². The molecule has 1 atom stereocenters. The maximum absolute atomic E-state index is 12.1. The number of nitrogens with zero attached hydrogens (tertiary/aromatic N) is 4. The highest BCUT2D eigenvalue weighted by Gasteiger charge is 2.40. The number of hydrogen-bond donors (Lipinski definition) is 4. The molecule has 1 aromatic heterocycles. The monoisotopic (exact) mass is 531 g/mol. The normalized spacial score (nSPS) is 20.9. The summed E-state index contributed by atoms with van der Waals surface area (Å²) in [6.07, 6.45) is 1.25. The minimum Gasteiger partial charge on any atom is -0.465 e. The number of carbonyl (C=O) groups is 2. The lowest BCUT2D eigenvalue weighted by Crippen LogP contribution is -2.45. The molecule has 1 aromatic carbocycles. The van der Waals surface area contributed by atoms with Gasteiger partial charge in [-0.15, -0.1) is 0 Å². The quantitative estimate of drug-likeness (QED) is 0.437. The summed E-state index contributed by atoms with van der Waals surface area (Å²) >= 11 is 6.28. The Balaban J connectivity index is 1.32. The fraction of sp³-hybridized carbons (Fsp3) is 0.500. The molecule has 12 nitrogen and oxygen atoms in total. The average molecular weight is 532 g/mol. The number of nitrogens with one attached hydrogen (secondary N) is 2. The van der Waals surface area contributed by atoms with E-state index >= 15 is 0 Å². The number of nitrogens with two attached hydrogens (primary N) is 1. The predicted octanol–water partition coefficient (Wildman–Crippen LogP) is 2.79. The van der Waals surface area contributed by atoms with Crippen LogP contribution in [0.2, 0.25) is 5.15 Å². The SMILES string of the molecule is Cc1cc(Nc2nc(N[C@@H]3CCN(C(=O)O)C3)c(Cl)nc2C(N)=O)ccc1N1CCC2(CC1)OCCO2. The van der Waals surface area contributed by atoms with Crippen molar-refractivity contribution in [3.05, 3.63) is 34.6 Å². The Morgan fingerprint density at radius 3 is 2.51 bits per heavy atom. The number of anilines is 4. The lowest BCUT2D eigenvalue weighted by atomic mass is 10.0. The molecule has 0 radical (unpaired) electrons. The van der Waals surface area contributed by atoms with Crippen LogP contribution in [0, 0.1) is 6.92 Å². The molecule has 13 heteroatoms. The van der Waals surface area contributed by atoms with Crippen LogP contribution in [0.3, 0.4) is 0 Å². The lowest BCUT2D eigenvalue weighted by Gasteiger charge is -2.39. The molecular formula is C24H30ClN7O5. The smallest absolute Gasteiger partial charge is 0.407 e. The van der Waals surface area contributed by atoms with E-state index in [0.29, 0.717) is 38.4 Å². The standard InChI is InChI=1S/C24H30ClN7O5/c1-14-12-15(2-3-17(14)31-8-5-24(6-9-31)36-10-11-37-24)27-21-18(20(26)33)29-19(25)22(30-21)28-16-4-7-32(13-16)23(34)35/h2-3,12,16H,4-11,13H2,1H3,(H2,26,33)(H,34,35)(H2,27,28,30)/t16-/m1/s1. The van der Waals surface area contributed by atoms with Gasteiger partial charge < -0.3 is 40.7 Å². The zero-order valence-corrected chi connectivity index (χ0v) is 21.3. The van der Waals surface area contributed by atoms with Crippen molar-refractivity contribution in [2.75, 3.05) is 54.9 Å². The van der Waals surface area contributed by atoms with Crippen LogP contribution in [0.1, 0.15) is 35.3 Å². The molecule has 5 N–H and O–H groups in total. The molecule has 0 bridgehead atoms. The van der Waals surface area contributed by atoms with Gasteiger partial charge in [0.25, 0.3) is 5.91 Å². The van der Waals surface area contributed by atoms with Crippen LogP contribution < -0.4 is 21.3 Å². The first kappa shape index (κ1) is 25.3. The van der Waals surface area contributed by atoms with Gasteiger partial charge in [0.1, 0.15) is 0 Å². The number of carbonyl (C=O) groups excluding carboxylic acids is 1. The molecule has 0 saturated carbocycles. The van der Waals surface area contributed by atoms with Crippen molar-refractivity contribution in [3.8, 4) is 0 Å². The molecule has 3 fully saturated rings. The topological polar surface area (TPSA) is 155 Å². The molecule has 0 aliphatic carbocycles. The number of carboxylic acid groups (broad SMARTS) is 1. The fourth-order valence-electron chi connectivity index (χ4n) is 5.11. The number of rotatable bonds is 6. The van der Waals surface area contributed by atoms with E-state index in [9.17, 15) is 14.7 Å². The number of primary amides is 1. The molecule has 2 amide bonds. The molecule has 4 heterocycles. The molecule has 1 spiro atoms. The minimum atomic E-state index is -0.976. The van der Waals surface area contributed by atoms with Gasteiger partial charge in [-0.05, 0) is 37.1 Å². The number of amides is 2. The van der Waals surface area contributed by atoms with E-state index in [1.165, 1.54) is 4.90 Å². The van der Waals surface area contributed by atoms with Gasteiger partial charge in [-0.1, -0.05) is 11.6 Å². The summed E-state index contributed by atoms with van der Waals surface area (Å²) in [5.41, 5.74) is 8.33. The van der Waals surface area contributed by atoms with Crippen molar-refractivity contribution in [1.29, 1.82) is 0 Å². The number of ether oxygens (including phenoxy) is 2. The molecule has 0 unspecified atom stereocenters. The zero-order chi connectivity index (χ0) is 26.2. The van der Waals surface area contributed by atoms with Crippen LogP contribution in [0.15, 0.2) is 18.2 Å². The second-order valence-corrected chi connectivity index (χ2v) is 9.86. The maximum atomic E-state index is 12.1. The summed E-state index contributed by atoms with van der Waals surface area (Å²) in [6.45, 7) is 5.70. The molecule has 3 saturated heterocycles. The number of halogens is 1. The first-order valence-electron chi connectivity index (χ1n) is 12.3. The Morgan fingerprint density at radius 1 is 1.16 bits per heavy atom. The van der Waals surface area contributed by atoms with E-state index < -0.39 is 17.8 Å². The second kappa shape index (κ2) is 10.2. The molecule has 37 heavy (non-hydrogen) atoms. The highest BCUT2D eigenvalue weighted by molar-refractivity contribution is 6.32. The lowest BCUT2D eigenvalue weighted by molar-refractivity contribution is -0.169. The van der Waals surface area contributed by atoms with Gasteiger partial charge in [-0.25, -0.2) is 14.8 Å². The Kier molecular flexibility index (Phi) is 6.97. The van der Waals surface area contributed by atoms with E-state index in [1.54, 1.807) is 0 Å². The third-order valence-electron chi connectivity index (χ3n) is 7.03. The molecule has 198 valence electrons. The molecule has 2 aromatic rings. The van der Waals surface area contributed by atoms with Crippen LogP contribution in [0.25, 0.3) is 0 Å². The Morgan fingerprint density at radius 2 is 1.89 bits per heavy atom. The van der Waals surface area contributed by atoms with Gasteiger partial charge in [-0.2, -0.15) is 0 Å². The van der Waals surface area contributed by atoms with E-state index in [2.05, 4.69) is 25.5 Å². The minimum absolute atomic E-state index is 0.0160. The Hall–Kier alpha value is -3.35. The molecule has 3 aliphatic rings. The number of hydrogen-bond acceptors (Lipinski definition) is 9. The Bertz CT molecular complexity index is 1200. The van der Waals surface area contributed by atoms with Crippen LogP contribution in [-0.4, -0.2) is 83.2 Å². The second-order valence-electron chi connectivity index (χ2n) is 9.50. The third-order valence-corrected chi connectivity index (χ3v) is 7.29. The van der Waals surface area contributed by atoms with Crippen molar-refractivity contribution in [1.82, 2.24) is 14.9 Å². The van der Waals surface area contributed by atoms with Crippen LogP contribution in [-0.2, 0) is 9.47 Å². The van der Waals surface area contributed by atoms with Crippen LogP contribution in [0.4, 0.5) is 27.8 Å². The summed E-state index contributed by atoms with van der Waals surface area (Å²) in [6, 6.07) is 5.72. The van der Waals surface area contributed by atoms with Crippen molar-refractivity contribution >= 4 is 46.6 Å². The van der Waals surface area contributed by atoms with Crippen molar-refractivity contribution in [2.45, 2.75) is 38.0 Å². The molecule has 5 rings (SSSR count). The molecular weight excluding hydrogens is 502 g/mol. The summed E-state index contributed by atoms with van der Waals surface area (Å²) in [4.78, 5) is 35.6. The van der Waals surface area contributed by atoms with Crippen molar-refractivity contribution < 1.29 is 24.2 Å². The summed E-state index contributed by atoms with van der Waals surface area (Å²) < 4.78 is 11.7. The fourth-order valence-corrected chi connectivity index (χ4v) is 5.29. The summed E-state index contributed by atoms with van der Waals surface area (Å²) in [5.74, 6) is -0.790. The molecule has 3 aliphatic heterocycles. The first-order chi connectivity index (χ1) is 17.7. The highest BCUT2D eigenvalue weighted by Crippen LogP contribution is 2.35. The van der Waals surface area contributed by atoms with Crippen molar-refractivity contribution in [2.24, 2.45) is 5.73 Å². The van der Waals surface area contributed by atoms with Gasteiger partial charge in [0.05, 0.1) is 13.2 Å². The van der Waals surface area contributed by atoms with Crippen LogP contribution in [0.5, 0.6) is 0 Å². The first-order valence-corrected chi connectivity index (χ1v) is 12.6. The number of aryl methyl sites for hydroxylation is 1. The maximum Gasteiger partial charge on any atom is 0.407 e. The number of likely N-dealkylation sites (tertiary alicyclic amines) is 1. The van der Waals surface area contributed by atoms with Gasteiger partial charge >= 0.3 is 6.09 Å². The van der Waals surface area contributed by atoms with E-state index in [0.717, 1.165) is 37.2 Å². The van der Waals surface area contributed by atoms with Crippen molar-refractivity contribution in [3.63, 3.8) is 0 Å². The van der Waals surface area contributed by atoms with Gasteiger partial charge in [-0.3, -0.25) is 4.79 Å². The summed E-state index contributed by atoms with van der Waals surface area (Å²) in [5, 5.41) is 15.5. The largest absolute Gasteiger partial charge is 0.465 e.